The van der Waals surface area contributed by atoms with Crippen molar-refractivity contribution in [3.05, 3.63) is 0 Å². The monoisotopic (exact) mass is 212 g/mol. The third kappa shape index (κ3) is 2.32. The maximum Gasteiger partial charge on any atom is 0.223 e. The van der Waals surface area contributed by atoms with Crippen molar-refractivity contribution in [3.8, 4) is 0 Å². The van der Waals surface area contributed by atoms with Gasteiger partial charge in [-0.15, -0.1) is 0 Å². The van der Waals surface area contributed by atoms with Crippen molar-refractivity contribution in [1.29, 1.82) is 0 Å². The molecule has 1 spiro atoms. The highest BCUT2D eigenvalue weighted by Crippen LogP contribution is 2.38. The Kier molecular flexibility index (Phi) is 3.26. The Morgan fingerprint density at radius 3 is 2.87 bits per heavy atom. The highest BCUT2D eigenvalue weighted by Gasteiger charge is 2.43. The summed E-state index contributed by atoms with van der Waals surface area (Å²) in [6, 6.07) is 0. The van der Waals surface area contributed by atoms with Crippen molar-refractivity contribution in [1.82, 2.24) is 10.2 Å². The molecule has 2 saturated heterocycles. The van der Waals surface area contributed by atoms with Gasteiger partial charge in [0.2, 0.25) is 5.91 Å². The molecule has 15 heavy (non-hydrogen) atoms. The van der Waals surface area contributed by atoms with Gasteiger partial charge >= 0.3 is 0 Å². The van der Waals surface area contributed by atoms with Crippen LogP contribution in [0.3, 0.4) is 0 Å². The number of piperidine rings is 1. The van der Waals surface area contributed by atoms with E-state index in [1.165, 1.54) is 0 Å². The second-order valence-electron chi connectivity index (χ2n) is 4.73. The molecule has 0 aromatic rings. The Bertz CT molecular complexity index is 237. The van der Waals surface area contributed by atoms with Crippen molar-refractivity contribution < 1.29 is 9.53 Å². The number of ether oxygens (including phenoxy) is 1. The number of hydrogen-bond donors (Lipinski definition) is 1. The third-order valence-corrected chi connectivity index (χ3v) is 3.63. The van der Waals surface area contributed by atoms with E-state index in [4.69, 9.17) is 4.74 Å². The molecule has 2 rings (SSSR count). The van der Waals surface area contributed by atoms with Crippen LogP contribution in [0.4, 0.5) is 0 Å². The lowest BCUT2D eigenvalue weighted by Crippen LogP contribution is -2.39. The van der Waals surface area contributed by atoms with E-state index < -0.39 is 0 Å². The molecular formula is C11H20N2O2. The van der Waals surface area contributed by atoms with Crippen LogP contribution in [0.15, 0.2) is 0 Å². The van der Waals surface area contributed by atoms with E-state index >= 15 is 0 Å². The Morgan fingerprint density at radius 1 is 1.47 bits per heavy atom. The number of amides is 1. The summed E-state index contributed by atoms with van der Waals surface area (Å²) in [6.45, 7) is 4.47. The topological polar surface area (TPSA) is 41.6 Å². The SMILES string of the molecule is COCCN1CC2(CCNCC2)CC1=O. The normalized spacial score (nSPS) is 25.1. The number of carbonyl (C=O) groups is 1. The van der Waals surface area contributed by atoms with Gasteiger partial charge in [0.25, 0.3) is 0 Å². The van der Waals surface area contributed by atoms with Crippen molar-refractivity contribution in [3.63, 3.8) is 0 Å². The van der Waals surface area contributed by atoms with Gasteiger partial charge in [-0.05, 0) is 31.3 Å². The van der Waals surface area contributed by atoms with Crippen molar-refractivity contribution in [2.24, 2.45) is 5.41 Å². The first-order valence-electron chi connectivity index (χ1n) is 5.73. The predicted molar refractivity (Wildman–Crippen MR) is 57.6 cm³/mol. The molecule has 4 heteroatoms. The van der Waals surface area contributed by atoms with Crippen LogP contribution in [-0.2, 0) is 9.53 Å². The summed E-state index contributed by atoms with van der Waals surface area (Å²) in [5, 5.41) is 3.35. The van der Waals surface area contributed by atoms with E-state index in [-0.39, 0.29) is 5.41 Å². The summed E-state index contributed by atoms with van der Waals surface area (Å²) in [4.78, 5) is 13.8. The minimum Gasteiger partial charge on any atom is -0.383 e. The fourth-order valence-electron chi connectivity index (χ4n) is 2.68. The van der Waals surface area contributed by atoms with Crippen LogP contribution < -0.4 is 5.32 Å². The first-order chi connectivity index (χ1) is 7.26. The molecule has 2 aliphatic rings. The van der Waals surface area contributed by atoms with Gasteiger partial charge in [-0.3, -0.25) is 4.79 Å². The molecular weight excluding hydrogens is 192 g/mol. The summed E-state index contributed by atoms with van der Waals surface area (Å²) in [7, 11) is 1.68. The van der Waals surface area contributed by atoms with E-state index in [1.54, 1.807) is 7.11 Å². The van der Waals surface area contributed by atoms with Gasteiger partial charge in [0.15, 0.2) is 0 Å². The summed E-state index contributed by atoms with van der Waals surface area (Å²) in [6.07, 6.45) is 3.03. The summed E-state index contributed by atoms with van der Waals surface area (Å²) in [5.41, 5.74) is 0.274. The molecule has 0 aromatic heterocycles. The molecule has 2 fully saturated rings. The summed E-state index contributed by atoms with van der Waals surface area (Å²) in [5.74, 6) is 0.314. The molecule has 0 radical (unpaired) electrons. The minimum absolute atomic E-state index is 0.274. The number of hydrogen-bond acceptors (Lipinski definition) is 3. The molecule has 2 heterocycles. The van der Waals surface area contributed by atoms with Crippen LogP contribution in [0.1, 0.15) is 19.3 Å². The highest BCUT2D eigenvalue weighted by atomic mass is 16.5. The van der Waals surface area contributed by atoms with E-state index in [0.717, 1.165) is 45.4 Å². The number of carbonyl (C=O) groups excluding carboxylic acids is 1. The lowest BCUT2D eigenvalue weighted by Gasteiger charge is -2.33. The molecule has 0 unspecified atom stereocenters. The largest absolute Gasteiger partial charge is 0.383 e. The zero-order chi connectivity index (χ0) is 10.7. The highest BCUT2D eigenvalue weighted by molar-refractivity contribution is 5.79. The van der Waals surface area contributed by atoms with Crippen molar-refractivity contribution in [2.75, 3.05) is 39.9 Å². The Labute approximate surface area is 91.0 Å². The van der Waals surface area contributed by atoms with Gasteiger partial charge in [-0.2, -0.15) is 0 Å². The number of nitrogens with one attached hydrogen (secondary N) is 1. The average Bonchev–Trinajstić information content (AvgIpc) is 2.53. The molecule has 0 saturated carbocycles. The van der Waals surface area contributed by atoms with Crippen LogP contribution in [0.2, 0.25) is 0 Å². The number of likely N-dealkylation sites (tertiary alicyclic amines) is 1. The van der Waals surface area contributed by atoms with Gasteiger partial charge in [0, 0.05) is 26.6 Å². The lowest BCUT2D eigenvalue weighted by atomic mass is 9.78. The fourth-order valence-corrected chi connectivity index (χ4v) is 2.68. The molecule has 86 valence electrons. The van der Waals surface area contributed by atoms with Gasteiger partial charge < -0.3 is 15.0 Å². The first-order valence-corrected chi connectivity index (χ1v) is 5.73. The standard InChI is InChI=1S/C11H20N2O2/c1-15-7-6-13-9-11(8-10(13)14)2-4-12-5-3-11/h12H,2-9H2,1H3. The van der Waals surface area contributed by atoms with Crippen LogP contribution in [0, 0.1) is 5.41 Å². The smallest absolute Gasteiger partial charge is 0.223 e. The molecule has 0 aliphatic carbocycles. The Balaban J connectivity index is 1.92. The van der Waals surface area contributed by atoms with E-state index in [0.29, 0.717) is 12.5 Å². The first kappa shape index (κ1) is 10.9. The van der Waals surface area contributed by atoms with Gasteiger partial charge in [0.05, 0.1) is 6.61 Å². The Morgan fingerprint density at radius 2 is 2.20 bits per heavy atom. The fraction of sp³-hybridized carbons (Fsp3) is 0.909. The van der Waals surface area contributed by atoms with Gasteiger partial charge in [-0.25, -0.2) is 0 Å². The van der Waals surface area contributed by atoms with Crippen molar-refractivity contribution in [2.45, 2.75) is 19.3 Å². The maximum absolute atomic E-state index is 11.8. The van der Waals surface area contributed by atoms with E-state index in [2.05, 4.69) is 5.32 Å². The number of methoxy groups -OCH3 is 1. The molecule has 0 bridgehead atoms. The zero-order valence-corrected chi connectivity index (χ0v) is 9.42. The molecule has 0 aromatic carbocycles. The molecule has 1 amide bonds. The van der Waals surface area contributed by atoms with Crippen molar-refractivity contribution >= 4 is 5.91 Å². The second kappa shape index (κ2) is 4.49. The molecule has 4 nitrogen and oxygen atoms in total. The summed E-state index contributed by atoms with van der Waals surface area (Å²) < 4.78 is 5.02. The Hall–Kier alpha value is -0.610. The van der Waals surface area contributed by atoms with Crippen LogP contribution in [-0.4, -0.2) is 50.7 Å². The lowest BCUT2D eigenvalue weighted by molar-refractivity contribution is -0.128. The molecule has 1 N–H and O–H groups in total. The number of rotatable bonds is 3. The van der Waals surface area contributed by atoms with Crippen LogP contribution in [0.5, 0.6) is 0 Å². The summed E-state index contributed by atoms with van der Waals surface area (Å²) >= 11 is 0. The molecule has 2 aliphatic heterocycles. The van der Waals surface area contributed by atoms with E-state index in [1.807, 2.05) is 4.90 Å². The average molecular weight is 212 g/mol. The van der Waals surface area contributed by atoms with Gasteiger partial charge in [0.1, 0.15) is 0 Å². The second-order valence-corrected chi connectivity index (χ2v) is 4.73. The molecule has 0 atom stereocenters. The minimum atomic E-state index is 0.274. The third-order valence-electron chi connectivity index (χ3n) is 3.63. The quantitative estimate of drug-likeness (QED) is 0.728. The van der Waals surface area contributed by atoms with Crippen LogP contribution >= 0.6 is 0 Å². The predicted octanol–water partition coefficient (Wildman–Crippen LogP) is 0.235. The van der Waals surface area contributed by atoms with Gasteiger partial charge in [-0.1, -0.05) is 0 Å². The maximum atomic E-state index is 11.8. The number of nitrogens with zero attached hydrogens (tertiary/aromatic N) is 1. The zero-order valence-electron chi connectivity index (χ0n) is 9.42. The van der Waals surface area contributed by atoms with E-state index in [9.17, 15) is 4.79 Å². The van der Waals surface area contributed by atoms with Crippen LogP contribution in [0.25, 0.3) is 0 Å².